The molecule has 0 saturated carbocycles. The van der Waals surface area contributed by atoms with Crippen molar-refractivity contribution < 1.29 is 42.7 Å². The predicted octanol–water partition coefficient (Wildman–Crippen LogP) is -1.22. The summed E-state index contributed by atoms with van der Waals surface area (Å²) in [4.78, 5) is 22.6. The fourth-order valence-electron chi connectivity index (χ4n) is 2.12. The monoisotopic (exact) mass is 494 g/mol. The Morgan fingerprint density at radius 1 is 0.545 bits per heavy atom. The van der Waals surface area contributed by atoms with Crippen molar-refractivity contribution in [3.8, 4) is 0 Å². The maximum absolute atomic E-state index is 11.7. The molecule has 0 atom stereocenters. The van der Waals surface area contributed by atoms with Crippen LogP contribution in [0.2, 0.25) is 0 Å². The van der Waals surface area contributed by atoms with Gasteiger partial charge in [-0.15, -0.1) is 0 Å². The van der Waals surface area contributed by atoms with Crippen LogP contribution in [-0.2, 0) is 42.7 Å². The van der Waals surface area contributed by atoms with Crippen LogP contribution in [-0.4, -0.2) is 131 Å². The lowest BCUT2D eigenvalue weighted by Crippen LogP contribution is -2.28. The smallest absolute Gasteiger partial charge is 0.229 e. The Labute approximate surface area is 203 Å². The molecule has 0 spiro atoms. The highest BCUT2D eigenvalue weighted by Crippen LogP contribution is 1.87. The highest BCUT2D eigenvalue weighted by molar-refractivity contribution is 7.81. The average molecular weight is 494 g/mol. The maximum atomic E-state index is 11.7. The van der Waals surface area contributed by atoms with Crippen molar-refractivity contribution in [3.63, 3.8) is 0 Å². The molecule has 0 aliphatic carbocycles. The summed E-state index contributed by atoms with van der Waals surface area (Å²) in [5, 5.41) is 5.41. The number of carbonyl (C=O) groups is 2. The number of rotatable bonds is 26. The average Bonchev–Trinajstić information content (AvgIpc) is 2.82. The molecule has 2 N–H and O–H groups in total. The van der Waals surface area contributed by atoms with Crippen molar-refractivity contribution in [2.75, 3.05) is 111 Å². The van der Waals surface area contributed by atoms with Gasteiger partial charge < -0.3 is 43.8 Å². The molecule has 0 aliphatic heterocycles. The number of hydrogen-bond acceptors (Lipinski definition) is 10. The van der Waals surface area contributed by atoms with E-state index >= 15 is 0 Å². The van der Waals surface area contributed by atoms with Crippen molar-refractivity contribution in [2.24, 2.45) is 0 Å². The molecule has 0 bridgehead atoms. The van der Waals surface area contributed by atoms with Crippen LogP contribution < -0.4 is 10.6 Å². The van der Waals surface area contributed by atoms with E-state index < -0.39 is 0 Å². The molecule has 11 nitrogen and oxygen atoms in total. The molecule has 33 heavy (non-hydrogen) atoms. The van der Waals surface area contributed by atoms with Gasteiger partial charge in [-0.2, -0.15) is 12.6 Å². The molecule has 0 fully saturated rings. The van der Waals surface area contributed by atoms with Crippen molar-refractivity contribution in [1.29, 1.82) is 0 Å². The molecule has 0 saturated heterocycles. The Bertz CT molecular complexity index is 454. The number of thiol groups is 1. The van der Waals surface area contributed by atoms with E-state index in [1.165, 1.54) is 0 Å². The third-order valence-corrected chi connectivity index (χ3v) is 4.02. The minimum Gasteiger partial charge on any atom is -0.389 e. The molecule has 0 aromatic carbocycles. The fraction of sp³-hybridized carbons (Fsp3) is 0.900. The first kappa shape index (κ1) is 32.1. The van der Waals surface area contributed by atoms with Gasteiger partial charge in [-0.25, -0.2) is 0 Å². The molecule has 192 valence electrons. The predicted molar refractivity (Wildman–Crippen MR) is 126 cm³/mol. The van der Waals surface area contributed by atoms with Gasteiger partial charge in [0.2, 0.25) is 11.8 Å². The van der Waals surface area contributed by atoms with Crippen molar-refractivity contribution in [1.82, 2.24) is 10.6 Å². The second-order valence-corrected chi connectivity index (χ2v) is 6.67. The van der Waals surface area contributed by atoms with Crippen LogP contribution >= 0.6 is 12.6 Å². The van der Waals surface area contributed by atoms with E-state index in [1.807, 2.05) is 0 Å². The van der Waals surface area contributed by atoms with Crippen LogP contribution in [0.3, 0.4) is 0 Å². The lowest BCUT2D eigenvalue weighted by Gasteiger charge is -2.09. The molecule has 0 aliphatic rings. The lowest BCUT2D eigenvalue weighted by molar-refractivity contribution is -0.122. The number of nitrogens with one attached hydrogen (secondary N) is 2. The molecular formula is C20H39BN2O9S. The SMILES string of the molecule is [B]COCCOCCOCCNC(=O)CCOCCOCCOCCOCCNC(=O)CS. The molecule has 0 rings (SSSR count). The lowest BCUT2D eigenvalue weighted by atomic mass is 10.2. The summed E-state index contributed by atoms with van der Waals surface area (Å²) in [7, 11) is 5.18. The van der Waals surface area contributed by atoms with Crippen LogP contribution in [0.15, 0.2) is 0 Å². The third-order valence-electron chi connectivity index (χ3n) is 3.73. The number of carbonyl (C=O) groups excluding carboxylic acids is 2. The second kappa shape index (κ2) is 27.3. The van der Waals surface area contributed by atoms with E-state index in [0.29, 0.717) is 99.0 Å². The summed E-state index contributed by atoms with van der Waals surface area (Å²) in [6.45, 7) is 6.81. The van der Waals surface area contributed by atoms with Gasteiger partial charge in [0, 0.05) is 26.0 Å². The zero-order valence-corrected chi connectivity index (χ0v) is 20.3. The van der Waals surface area contributed by atoms with Gasteiger partial charge in [-0.1, -0.05) is 0 Å². The molecule has 0 heterocycles. The van der Waals surface area contributed by atoms with Gasteiger partial charge >= 0.3 is 0 Å². The zero-order chi connectivity index (χ0) is 24.2. The Morgan fingerprint density at radius 2 is 0.909 bits per heavy atom. The van der Waals surface area contributed by atoms with Gasteiger partial charge in [0.1, 0.15) is 7.85 Å². The van der Waals surface area contributed by atoms with Crippen LogP contribution in [0.4, 0.5) is 0 Å². The number of ether oxygens (including phenoxy) is 7. The first-order valence-electron chi connectivity index (χ1n) is 11.1. The Morgan fingerprint density at radius 3 is 1.33 bits per heavy atom. The highest BCUT2D eigenvalue weighted by Gasteiger charge is 2.01. The highest BCUT2D eigenvalue weighted by atomic mass is 32.1. The fourth-order valence-corrected chi connectivity index (χ4v) is 2.23. The van der Waals surface area contributed by atoms with Crippen molar-refractivity contribution >= 4 is 32.3 Å². The van der Waals surface area contributed by atoms with Crippen molar-refractivity contribution in [2.45, 2.75) is 6.42 Å². The van der Waals surface area contributed by atoms with E-state index in [1.54, 1.807) is 0 Å². The second-order valence-electron chi connectivity index (χ2n) is 6.36. The van der Waals surface area contributed by atoms with Crippen LogP contribution in [0.5, 0.6) is 0 Å². The molecule has 0 aromatic heterocycles. The van der Waals surface area contributed by atoms with E-state index in [2.05, 4.69) is 23.3 Å². The zero-order valence-electron chi connectivity index (χ0n) is 19.4. The van der Waals surface area contributed by atoms with E-state index in [-0.39, 0.29) is 30.5 Å². The van der Waals surface area contributed by atoms with Gasteiger partial charge in [0.15, 0.2) is 0 Å². The van der Waals surface area contributed by atoms with Crippen LogP contribution in [0, 0.1) is 0 Å². The molecule has 13 heteroatoms. The Kier molecular flexibility index (Phi) is 26.6. The van der Waals surface area contributed by atoms with E-state index in [4.69, 9.17) is 41.0 Å². The van der Waals surface area contributed by atoms with Gasteiger partial charge in [-0.05, 0) is 0 Å². The quantitative estimate of drug-likeness (QED) is 0.0772. The summed E-state index contributed by atoms with van der Waals surface area (Å²) in [5.41, 5.74) is 0. The van der Waals surface area contributed by atoms with Crippen LogP contribution in [0.25, 0.3) is 0 Å². The summed E-state index contributed by atoms with van der Waals surface area (Å²) >= 11 is 3.86. The summed E-state index contributed by atoms with van der Waals surface area (Å²) in [6, 6.07) is 0. The maximum Gasteiger partial charge on any atom is 0.229 e. The van der Waals surface area contributed by atoms with E-state index in [9.17, 15) is 9.59 Å². The minimum absolute atomic E-state index is 0.0885. The van der Waals surface area contributed by atoms with Crippen LogP contribution in [0.1, 0.15) is 6.42 Å². The third kappa shape index (κ3) is 27.2. The molecule has 0 unspecified atom stereocenters. The summed E-state index contributed by atoms with van der Waals surface area (Å²) < 4.78 is 36.9. The topological polar surface area (TPSA) is 123 Å². The molecule has 2 amide bonds. The summed E-state index contributed by atoms with van der Waals surface area (Å²) in [5.74, 6) is -0.0350. The Hall–Kier alpha value is -0.925. The Balaban J connectivity index is 3.16. The van der Waals surface area contributed by atoms with Gasteiger partial charge in [-0.3, -0.25) is 9.59 Å². The largest absolute Gasteiger partial charge is 0.389 e. The first-order valence-corrected chi connectivity index (χ1v) is 11.7. The molecule has 2 radical (unpaired) electrons. The minimum atomic E-state index is -0.118. The number of amides is 2. The first-order chi connectivity index (χ1) is 16.2. The standard InChI is InChI=1S/C20H39BN2O9S/c21-18-32-16-15-31-12-9-27-5-2-22-19(24)1-4-26-7-10-29-13-14-30-11-8-28-6-3-23-20(25)17-33/h33H,1-18H2,(H,22,24)(H,23,25). The summed E-state index contributed by atoms with van der Waals surface area (Å²) in [6.07, 6.45) is 0.283. The van der Waals surface area contributed by atoms with Gasteiger partial charge in [0.25, 0.3) is 0 Å². The number of hydrogen-bond donors (Lipinski definition) is 3. The van der Waals surface area contributed by atoms with Gasteiger partial charge in [0.05, 0.1) is 91.6 Å². The normalized spacial score (nSPS) is 10.9. The molecule has 0 aromatic rings. The van der Waals surface area contributed by atoms with Crippen molar-refractivity contribution in [3.05, 3.63) is 0 Å². The molecular weight excluding hydrogens is 455 g/mol. The van der Waals surface area contributed by atoms with E-state index in [0.717, 1.165) is 0 Å².